The fourth-order valence-corrected chi connectivity index (χ4v) is 1.79. The van der Waals surface area contributed by atoms with E-state index >= 15 is 0 Å². The number of nitrogens with zero attached hydrogens (tertiary/aromatic N) is 4. The minimum Gasteiger partial charge on any atom is -0.352 e. The predicted octanol–water partition coefficient (Wildman–Crippen LogP) is 1.49. The summed E-state index contributed by atoms with van der Waals surface area (Å²) in [5.74, 6) is 0.489. The third-order valence-electron chi connectivity index (χ3n) is 2.52. The van der Waals surface area contributed by atoms with Crippen LogP contribution in [0.2, 0.25) is 10.0 Å². The van der Waals surface area contributed by atoms with Gasteiger partial charge in [-0.25, -0.2) is 4.68 Å². The quantitative estimate of drug-likeness (QED) is 0.928. The summed E-state index contributed by atoms with van der Waals surface area (Å²) >= 11 is 11.6. The maximum Gasteiger partial charge on any atom is 0.251 e. The van der Waals surface area contributed by atoms with Gasteiger partial charge in [0.2, 0.25) is 0 Å². The molecule has 0 fully saturated rings. The number of amides is 1. The molecule has 8 heteroatoms. The molecule has 0 saturated heterocycles. The van der Waals surface area contributed by atoms with Crippen LogP contribution in [0.15, 0.2) is 18.2 Å². The number of benzene rings is 1. The average molecular weight is 300 g/mol. The van der Waals surface area contributed by atoms with Gasteiger partial charge in [0.05, 0.1) is 10.0 Å². The zero-order valence-electron chi connectivity index (χ0n) is 10.1. The van der Waals surface area contributed by atoms with Crippen LogP contribution in [0.1, 0.15) is 16.2 Å². The number of hydrogen-bond acceptors (Lipinski definition) is 4. The number of carbonyl (C=O) groups is 1. The molecule has 0 atom stereocenters. The topological polar surface area (TPSA) is 72.7 Å². The molecule has 1 amide bonds. The van der Waals surface area contributed by atoms with Gasteiger partial charge in [0.25, 0.3) is 5.91 Å². The molecule has 0 saturated carbocycles. The highest BCUT2D eigenvalue weighted by atomic mass is 35.5. The summed E-state index contributed by atoms with van der Waals surface area (Å²) in [6.45, 7) is 0.438. The van der Waals surface area contributed by atoms with Crippen LogP contribution in [-0.2, 0) is 13.5 Å². The van der Waals surface area contributed by atoms with Gasteiger partial charge < -0.3 is 5.32 Å². The Morgan fingerprint density at radius 3 is 2.79 bits per heavy atom. The van der Waals surface area contributed by atoms with E-state index in [2.05, 4.69) is 20.8 Å². The lowest BCUT2D eigenvalue weighted by Gasteiger charge is -2.05. The molecule has 0 unspecified atom stereocenters. The van der Waals surface area contributed by atoms with Crippen LogP contribution >= 0.6 is 23.2 Å². The number of aromatic nitrogens is 4. The van der Waals surface area contributed by atoms with Crippen molar-refractivity contribution in [3.8, 4) is 0 Å². The van der Waals surface area contributed by atoms with E-state index in [4.69, 9.17) is 23.2 Å². The molecule has 1 aromatic heterocycles. The summed E-state index contributed by atoms with van der Waals surface area (Å²) in [5.41, 5.74) is 0.463. The van der Waals surface area contributed by atoms with Crippen molar-refractivity contribution in [3.63, 3.8) is 0 Å². The van der Waals surface area contributed by atoms with Crippen molar-refractivity contribution in [1.29, 1.82) is 0 Å². The first-order chi connectivity index (χ1) is 9.08. The van der Waals surface area contributed by atoms with E-state index in [9.17, 15) is 4.79 Å². The van der Waals surface area contributed by atoms with Gasteiger partial charge in [0.15, 0.2) is 5.82 Å². The van der Waals surface area contributed by atoms with Crippen LogP contribution in [-0.4, -0.2) is 32.7 Å². The minimum absolute atomic E-state index is 0.214. The molecule has 2 aromatic rings. The van der Waals surface area contributed by atoms with Crippen molar-refractivity contribution in [1.82, 2.24) is 25.5 Å². The van der Waals surface area contributed by atoms with Crippen LogP contribution in [0.25, 0.3) is 0 Å². The zero-order valence-corrected chi connectivity index (χ0v) is 11.6. The molecule has 100 valence electrons. The Kier molecular flexibility index (Phi) is 4.34. The van der Waals surface area contributed by atoms with Crippen LogP contribution < -0.4 is 5.32 Å². The van der Waals surface area contributed by atoms with E-state index in [-0.39, 0.29) is 5.91 Å². The second-order valence-electron chi connectivity index (χ2n) is 3.85. The summed E-state index contributed by atoms with van der Waals surface area (Å²) in [6.07, 6.45) is 0.552. The van der Waals surface area contributed by atoms with Gasteiger partial charge in [-0.05, 0) is 28.6 Å². The molecule has 0 aliphatic carbocycles. The molecule has 1 N–H and O–H groups in total. The lowest BCUT2D eigenvalue weighted by molar-refractivity contribution is 0.0954. The number of rotatable bonds is 4. The largest absolute Gasteiger partial charge is 0.352 e. The van der Waals surface area contributed by atoms with Gasteiger partial charge in [-0.2, -0.15) is 0 Å². The molecule has 0 radical (unpaired) electrons. The first-order valence-corrected chi connectivity index (χ1v) is 6.28. The summed E-state index contributed by atoms with van der Waals surface area (Å²) < 4.78 is 1.56. The summed E-state index contributed by atoms with van der Waals surface area (Å²) in [7, 11) is 1.75. The van der Waals surface area contributed by atoms with Crippen LogP contribution in [0.4, 0.5) is 0 Å². The van der Waals surface area contributed by atoms with Crippen molar-refractivity contribution in [2.75, 3.05) is 6.54 Å². The highest BCUT2D eigenvalue weighted by Gasteiger charge is 2.08. The molecule has 1 heterocycles. The second-order valence-corrected chi connectivity index (χ2v) is 4.67. The van der Waals surface area contributed by atoms with Crippen molar-refractivity contribution < 1.29 is 4.79 Å². The molecular weight excluding hydrogens is 289 g/mol. The summed E-state index contributed by atoms with van der Waals surface area (Å²) in [4.78, 5) is 11.9. The SMILES string of the molecule is Cn1nnnc1CCNC(=O)c1ccc(Cl)c(Cl)c1. The molecule has 0 aliphatic heterocycles. The Labute approximate surface area is 119 Å². The predicted molar refractivity (Wildman–Crippen MR) is 71.3 cm³/mol. The van der Waals surface area contributed by atoms with Crippen molar-refractivity contribution >= 4 is 29.1 Å². The Morgan fingerprint density at radius 2 is 2.16 bits per heavy atom. The Balaban J connectivity index is 1.91. The number of tetrazole rings is 1. The van der Waals surface area contributed by atoms with Crippen molar-refractivity contribution in [2.45, 2.75) is 6.42 Å². The fourth-order valence-electron chi connectivity index (χ4n) is 1.49. The first kappa shape index (κ1) is 13.8. The van der Waals surface area contributed by atoms with Gasteiger partial charge in [-0.3, -0.25) is 4.79 Å². The molecule has 0 spiro atoms. The third kappa shape index (κ3) is 3.42. The Bertz CT molecular complexity index is 599. The molecule has 1 aromatic carbocycles. The lowest BCUT2D eigenvalue weighted by Crippen LogP contribution is -2.26. The molecule has 0 aliphatic rings. The number of hydrogen-bond donors (Lipinski definition) is 1. The first-order valence-electron chi connectivity index (χ1n) is 5.52. The van der Waals surface area contributed by atoms with Gasteiger partial charge in [0, 0.05) is 25.6 Å². The molecule has 19 heavy (non-hydrogen) atoms. The van der Waals surface area contributed by atoms with Gasteiger partial charge >= 0.3 is 0 Å². The van der Waals surface area contributed by atoms with Crippen LogP contribution in [0.3, 0.4) is 0 Å². The molecule has 0 bridgehead atoms. The maximum absolute atomic E-state index is 11.9. The van der Waals surface area contributed by atoms with E-state index in [0.717, 1.165) is 0 Å². The summed E-state index contributed by atoms with van der Waals surface area (Å²) in [5, 5.41) is 14.6. The molecule has 2 rings (SSSR count). The maximum atomic E-state index is 11.9. The number of carbonyl (C=O) groups excluding carboxylic acids is 1. The molecular formula is C11H11Cl2N5O. The highest BCUT2D eigenvalue weighted by Crippen LogP contribution is 2.22. The van der Waals surface area contributed by atoms with E-state index < -0.39 is 0 Å². The Morgan fingerprint density at radius 1 is 1.37 bits per heavy atom. The van der Waals surface area contributed by atoms with Crippen LogP contribution in [0, 0.1) is 0 Å². The van der Waals surface area contributed by atoms with Gasteiger partial charge in [-0.1, -0.05) is 23.2 Å². The van der Waals surface area contributed by atoms with Gasteiger partial charge in [0.1, 0.15) is 0 Å². The van der Waals surface area contributed by atoms with Gasteiger partial charge in [-0.15, -0.1) is 5.10 Å². The van der Waals surface area contributed by atoms with Crippen molar-refractivity contribution in [3.05, 3.63) is 39.6 Å². The third-order valence-corrected chi connectivity index (χ3v) is 3.26. The number of halogens is 2. The number of nitrogens with one attached hydrogen (secondary N) is 1. The monoisotopic (exact) mass is 299 g/mol. The standard InChI is InChI=1S/C11H11Cl2N5O/c1-18-10(15-16-17-18)4-5-14-11(19)7-2-3-8(12)9(13)6-7/h2-3,6H,4-5H2,1H3,(H,14,19). The second kappa shape index (κ2) is 5.99. The van der Waals surface area contributed by atoms with E-state index in [1.165, 1.54) is 6.07 Å². The van der Waals surface area contributed by atoms with E-state index in [1.807, 2.05) is 0 Å². The Hall–Kier alpha value is -1.66. The minimum atomic E-state index is -0.214. The highest BCUT2D eigenvalue weighted by molar-refractivity contribution is 6.42. The fraction of sp³-hybridized carbons (Fsp3) is 0.273. The lowest BCUT2D eigenvalue weighted by atomic mass is 10.2. The van der Waals surface area contributed by atoms with E-state index in [0.29, 0.717) is 34.4 Å². The summed E-state index contributed by atoms with van der Waals surface area (Å²) in [6, 6.07) is 4.74. The molecule has 6 nitrogen and oxygen atoms in total. The van der Waals surface area contributed by atoms with E-state index in [1.54, 1.807) is 23.9 Å². The number of aryl methyl sites for hydroxylation is 1. The zero-order chi connectivity index (χ0) is 13.8. The normalized spacial score (nSPS) is 10.5. The van der Waals surface area contributed by atoms with Crippen LogP contribution in [0.5, 0.6) is 0 Å². The average Bonchev–Trinajstić information content (AvgIpc) is 2.78. The smallest absolute Gasteiger partial charge is 0.251 e. The van der Waals surface area contributed by atoms with Crippen molar-refractivity contribution in [2.24, 2.45) is 7.05 Å².